The monoisotopic (exact) mass is 268 g/mol. The average Bonchev–Trinajstić information content (AvgIpc) is 2.23. The van der Waals surface area contributed by atoms with E-state index in [1.54, 1.807) is 12.4 Å². The van der Waals surface area contributed by atoms with E-state index >= 15 is 0 Å². The van der Waals surface area contributed by atoms with Crippen molar-refractivity contribution in [2.45, 2.75) is 43.9 Å². The predicted octanol–water partition coefficient (Wildman–Crippen LogP) is 3.53. The van der Waals surface area contributed by atoms with Crippen molar-refractivity contribution in [2.75, 3.05) is 0 Å². The Morgan fingerprint density at radius 1 is 1.40 bits per heavy atom. The molecule has 1 aliphatic rings. The zero-order valence-corrected chi connectivity index (χ0v) is 10.9. The van der Waals surface area contributed by atoms with Gasteiger partial charge in [-0.25, -0.2) is 0 Å². The van der Waals surface area contributed by atoms with E-state index in [9.17, 15) is 0 Å². The summed E-state index contributed by atoms with van der Waals surface area (Å²) >= 11 is 3.73. The van der Waals surface area contributed by atoms with Crippen molar-refractivity contribution in [3.8, 4) is 0 Å². The molecule has 0 aromatic carbocycles. The Morgan fingerprint density at radius 3 is 2.87 bits per heavy atom. The first-order valence-electron chi connectivity index (χ1n) is 5.49. The van der Waals surface area contributed by atoms with Gasteiger partial charge in [0.1, 0.15) is 0 Å². The molecule has 2 nitrogen and oxygen atoms in total. The molecule has 2 unspecified atom stereocenters. The number of hydrogen-bond donors (Lipinski definition) is 0. The van der Waals surface area contributed by atoms with Crippen molar-refractivity contribution in [3.05, 3.63) is 24.3 Å². The lowest BCUT2D eigenvalue weighted by Crippen LogP contribution is -2.31. The van der Waals surface area contributed by atoms with Crippen molar-refractivity contribution in [3.63, 3.8) is 0 Å². The van der Waals surface area contributed by atoms with Gasteiger partial charge in [0, 0.05) is 29.3 Å². The minimum Gasteiger partial charge on any atom is -0.261 e. The highest BCUT2D eigenvalue weighted by Crippen LogP contribution is 2.47. The number of aromatic nitrogens is 2. The molecule has 0 bridgehead atoms. The highest BCUT2D eigenvalue weighted by molar-refractivity contribution is 9.09. The van der Waals surface area contributed by atoms with Crippen LogP contribution in [0.5, 0.6) is 0 Å². The highest BCUT2D eigenvalue weighted by Gasteiger charge is 2.37. The summed E-state index contributed by atoms with van der Waals surface area (Å²) in [6.07, 6.45) is 9.14. The van der Waals surface area contributed by atoms with Gasteiger partial charge in [-0.1, -0.05) is 29.8 Å². The van der Waals surface area contributed by atoms with Crippen LogP contribution in [0.2, 0.25) is 0 Å². The van der Waals surface area contributed by atoms with Gasteiger partial charge in [-0.15, -0.1) is 0 Å². The highest BCUT2D eigenvalue weighted by atomic mass is 79.9. The minimum absolute atomic E-state index is 0.348. The van der Waals surface area contributed by atoms with Crippen LogP contribution >= 0.6 is 15.9 Å². The molecule has 0 N–H and O–H groups in total. The molecule has 0 amide bonds. The lowest BCUT2D eigenvalue weighted by atomic mass is 9.67. The van der Waals surface area contributed by atoms with Gasteiger partial charge >= 0.3 is 0 Å². The van der Waals surface area contributed by atoms with E-state index in [-0.39, 0.29) is 0 Å². The molecule has 15 heavy (non-hydrogen) atoms. The van der Waals surface area contributed by atoms with E-state index in [1.165, 1.54) is 19.3 Å². The molecule has 82 valence electrons. The van der Waals surface area contributed by atoms with E-state index < -0.39 is 0 Å². The second-order valence-corrected chi connectivity index (χ2v) is 6.34. The van der Waals surface area contributed by atoms with E-state index in [1.807, 2.05) is 6.20 Å². The Balaban J connectivity index is 2.26. The average molecular weight is 269 g/mol. The molecule has 1 fully saturated rings. The Bertz CT molecular complexity index is 324. The van der Waals surface area contributed by atoms with Crippen LogP contribution < -0.4 is 0 Å². The number of nitrogens with zero attached hydrogens (tertiary/aromatic N) is 2. The molecule has 0 spiro atoms. The topological polar surface area (TPSA) is 25.8 Å². The van der Waals surface area contributed by atoms with Crippen LogP contribution in [0.1, 0.15) is 44.7 Å². The first kappa shape index (κ1) is 11.1. The molecule has 1 heterocycles. The molecular formula is C12H17BrN2. The number of hydrogen-bond acceptors (Lipinski definition) is 2. The normalized spacial score (nSPS) is 30.1. The van der Waals surface area contributed by atoms with Crippen molar-refractivity contribution >= 4 is 15.9 Å². The third-order valence-electron chi connectivity index (χ3n) is 3.48. The van der Waals surface area contributed by atoms with Crippen LogP contribution in [-0.4, -0.2) is 14.8 Å². The maximum Gasteiger partial charge on any atom is 0.0623 e. The molecule has 0 radical (unpaired) electrons. The third-order valence-corrected chi connectivity index (χ3v) is 4.31. The van der Waals surface area contributed by atoms with E-state index in [0.29, 0.717) is 16.2 Å². The molecule has 3 heteroatoms. The van der Waals surface area contributed by atoms with Crippen molar-refractivity contribution in [1.29, 1.82) is 0 Å². The van der Waals surface area contributed by atoms with Gasteiger partial charge in [0.05, 0.1) is 5.69 Å². The summed E-state index contributed by atoms with van der Waals surface area (Å²) in [6, 6.07) is 0. The van der Waals surface area contributed by atoms with Crippen LogP contribution in [0.3, 0.4) is 0 Å². The molecule has 2 atom stereocenters. The molecule has 1 aromatic heterocycles. The number of halogens is 1. The second kappa shape index (κ2) is 4.20. The van der Waals surface area contributed by atoms with Crippen molar-refractivity contribution < 1.29 is 0 Å². The largest absolute Gasteiger partial charge is 0.261 e. The Kier molecular flexibility index (Phi) is 3.10. The maximum absolute atomic E-state index is 4.45. The lowest BCUT2D eigenvalue weighted by molar-refractivity contribution is 0.202. The first-order chi connectivity index (χ1) is 7.09. The summed E-state index contributed by atoms with van der Waals surface area (Å²) in [5, 5.41) is 0. The fourth-order valence-corrected chi connectivity index (χ4v) is 3.01. The summed E-state index contributed by atoms with van der Waals surface area (Å²) in [5.74, 6) is 0.532. The van der Waals surface area contributed by atoms with Crippen LogP contribution in [0.15, 0.2) is 18.6 Å². The van der Waals surface area contributed by atoms with E-state index in [2.05, 4.69) is 39.7 Å². The fraction of sp³-hybridized carbons (Fsp3) is 0.667. The predicted molar refractivity (Wildman–Crippen MR) is 65.1 cm³/mol. The summed E-state index contributed by atoms with van der Waals surface area (Å²) in [5.41, 5.74) is 1.49. The SMILES string of the molecule is CC1(C)CCC(Br)CC1c1cnccn1. The van der Waals surface area contributed by atoms with Gasteiger partial charge in [-0.2, -0.15) is 0 Å². The van der Waals surface area contributed by atoms with Gasteiger partial charge in [-0.3, -0.25) is 9.97 Å². The zero-order valence-electron chi connectivity index (χ0n) is 9.28. The lowest BCUT2D eigenvalue weighted by Gasteiger charge is -2.40. The summed E-state index contributed by atoms with van der Waals surface area (Å²) in [7, 11) is 0. The molecule has 1 saturated carbocycles. The summed E-state index contributed by atoms with van der Waals surface area (Å²) < 4.78 is 0. The quantitative estimate of drug-likeness (QED) is 0.729. The molecule has 1 aliphatic carbocycles. The van der Waals surface area contributed by atoms with Crippen LogP contribution in [-0.2, 0) is 0 Å². The first-order valence-corrected chi connectivity index (χ1v) is 6.41. The molecule has 0 aliphatic heterocycles. The Hall–Kier alpha value is -0.440. The van der Waals surface area contributed by atoms with Crippen molar-refractivity contribution in [1.82, 2.24) is 9.97 Å². The molecule has 1 aromatic rings. The van der Waals surface area contributed by atoms with Gasteiger partial charge < -0.3 is 0 Å². The standard InChI is InChI=1S/C12H17BrN2/c1-12(2)4-3-9(13)7-10(12)11-8-14-5-6-15-11/h5-6,8-10H,3-4,7H2,1-2H3. The van der Waals surface area contributed by atoms with E-state index in [4.69, 9.17) is 0 Å². The maximum atomic E-state index is 4.45. The van der Waals surface area contributed by atoms with Crippen LogP contribution in [0.25, 0.3) is 0 Å². The smallest absolute Gasteiger partial charge is 0.0623 e. The zero-order chi connectivity index (χ0) is 10.9. The van der Waals surface area contributed by atoms with Crippen molar-refractivity contribution in [2.24, 2.45) is 5.41 Å². The van der Waals surface area contributed by atoms with Gasteiger partial charge in [0.2, 0.25) is 0 Å². The third kappa shape index (κ3) is 2.39. The minimum atomic E-state index is 0.348. The van der Waals surface area contributed by atoms with Crippen LogP contribution in [0.4, 0.5) is 0 Å². The second-order valence-electron chi connectivity index (χ2n) is 5.04. The fourth-order valence-electron chi connectivity index (χ4n) is 2.41. The molecular weight excluding hydrogens is 252 g/mol. The van der Waals surface area contributed by atoms with Crippen LogP contribution in [0, 0.1) is 5.41 Å². The van der Waals surface area contributed by atoms with Gasteiger partial charge in [-0.05, 0) is 24.7 Å². The molecule has 2 rings (SSSR count). The Labute approximate surface area is 99.7 Å². The number of rotatable bonds is 1. The summed E-state index contributed by atoms with van der Waals surface area (Å²) in [6.45, 7) is 4.68. The van der Waals surface area contributed by atoms with Gasteiger partial charge in [0.25, 0.3) is 0 Å². The number of alkyl halides is 1. The van der Waals surface area contributed by atoms with E-state index in [0.717, 1.165) is 5.69 Å². The molecule has 0 saturated heterocycles. The van der Waals surface area contributed by atoms with Gasteiger partial charge in [0.15, 0.2) is 0 Å². The Morgan fingerprint density at radius 2 is 2.20 bits per heavy atom. The summed E-state index contributed by atoms with van der Waals surface area (Å²) in [4.78, 5) is 9.26.